The Morgan fingerprint density at radius 2 is 1.38 bits per heavy atom. The standard InChI is InChI=1S/C12H18O/c1-2-3-4-5-6-7-8-9-10-11-12-13/h13H,4-7,10-12H2,1H3. The van der Waals surface area contributed by atoms with Gasteiger partial charge in [0.05, 0.1) is 0 Å². The average Bonchev–Trinajstić information content (AvgIpc) is 2.16. The Hall–Kier alpha value is -0.920. The first kappa shape index (κ1) is 12.1. The molecule has 0 saturated carbocycles. The van der Waals surface area contributed by atoms with Gasteiger partial charge in [-0.1, -0.05) is 0 Å². The van der Waals surface area contributed by atoms with Crippen molar-refractivity contribution in [3.8, 4) is 23.7 Å². The van der Waals surface area contributed by atoms with Crippen LogP contribution in [-0.2, 0) is 0 Å². The third-order valence-corrected chi connectivity index (χ3v) is 1.62. The number of aliphatic hydroxyl groups is 1. The minimum atomic E-state index is 0.251. The molecule has 0 spiro atoms. The van der Waals surface area contributed by atoms with Crippen LogP contribution in [0.3, 0.4) is 0 Å². The fraction of sp³-hybridized carbons (Fsp3) is 0.667. The van der Waals surface area contributed by atoms with E-state index < -0.39 is 0 Å². The van der Waals surface area contributed by atoms with Crippen LogP contribution >= 0.6 is 0 Å². The van der Waals surface area contributed by atoms with Crippen LogP contribution in [0.1, 0.15) is 45.4 Å². The summed E-state index contributed by atoms with van der Waals surface area (Å²) >= 11 is 0. The second-order valence-corrected chi connectivity index (χ2v) is 2.81. The van der Waals surface area contributed by atoms with Crippen LogP contribution in [0.15, 0.2) is 0 Å². The first-order valence-electron chi connectivity index (χ1n) is 4.88. The zero-order valence-electron chi connectivity index (χ0n) is 8.40. The SMILES string of the molecule is CC#CCCCCC#CCCCO. The maximum absolute atomic E-state index is 8.48. The smallest absolute Gasteiger partial charge is 0.0440 e. The average molecular weight is 178 g/mol. The van der Waals surface area contributed by atoms with Crippen molar-refractivity contribution in [2.45, 2.75) is 45.4 Å². The van der Waals surface area contributed by atoms with Gasteiger partial charge < -0.3 is 5.11 Å². The van der Waals surface area contributed by atoms with Gasteiger partial charge in [0, 0.05) is 25.9 Å². The number of rotatable bonds is 5. The monoisotopic (exact) mass is 178 g/mol. The van der Waals surface area contributed by atoms with Gasteiger partial charge in [-0.05, 0) is 26.2 Å². The predicted octanol–water partition coefficient (Wildman–Crippen LogP) is 2.35. The van der Waals surface area contributed by atoms with E-state index in [0.717, 1.165) is 38.5 Å². The van der Waals surface area contributed by atoms with Gasteiger partial charge in [0.25, 0.3) is 0 Å². The lowest BCUT2D eigenvalue weighted by atomic mass is 10.2. The van der Waals surface area contributed by atoms with E-state index in [4.69, 9.17) is 5.11 Å². The lowest BCUT2D eigenvalue weighted by Gasteiger charge is -1.88. The lowest BCUT2D eigenvalue weighted by Crippen LogP contribution is -1.79. The summed E-state index contributed by atoms with van der Waals surface area (Å²) in [6.45, 7) is 2.12. The van der Waals surface area contributed by atoms with Gasteiger partial charge in [-0.25, -0.2) is 0 Å². The van der Waals surface area contributed by atoms with Crippen molar-refractivity contribution in [2.24, 2.45) is 0 Å². The Bertz CT molecular complexity index is 209. The molecule has 0 unspecified atom stereocenters. The summed E-state index contributed by atoms with van der Waals surface area (Å²) < 4.78 is 0. The Labute approximate surface area is 81.5 Å². The van der Waals surface area contributed by atoms with Crippen molar-refractivity contribution in [3.63, 3.8) is 0 Å². The number of aliphatic hydroxyl groups excluding tert-OH is 1. The summed E-state index contributed by atoms with van der Waals surface area (Å²) in [5.74, 6) is 12.0. The molecule has 0 heterocycles. The Balaban J connectivity index is 3.11. The molecule has 0 amide bonds. The summed E-state index contributed by atoms with van der Waals surface area (Å²) in [6, 6.07) is 0. The maximum atomic E-state index is 8.48. The van der Waals surface area contributed by atoms with Crippen LogP contribution in [0.5, 0.6) is 0 Å². The third kappa shape index (κ3) is 11.1. The third-order valence-electron chi connectivity index (χ3n) is 1.62. The fourth-order valence-electron chi connectivity index (χ4n) is 0.896. The molecule has 0 radical (unpaired) electrons. The fourth-order valence-corrected chi connectivity index (χ4v) is 0.896. The van der Waals surface area contributed by atoms with E-state index in [1.165, 1.54) is 0 Å². The molecule has 0 bridgehead atoms. The van der Waals surface area contributed by atoms with Crippen molar-refractivity contribution in [1.29, 1.82) is 0 Å². The molecule has 1 heteroatoms. The maximum Gasteiger partial charge on any atom is 0.0440 e. The lowest BCUT2D eigenvalue weighted by molar-refractivity contribution is 0.290. The minimum Gasteiger partial charge on any atom is -0.396 e. The molecule has 0 aromatic carbocycles. The summed E-state index contributed by atoms with van der Waals surface area (Å²) in [6.07, 6.45) is 5.88. The van der Waals surface area contributed by atoms with E-state index in [-0.39, 0.29) is 6.61 Å². The van der Waals surface area contributed by atoms with Crippen molar-refractivity contribution < 1.29 is 5.11 Å². The van der Waals surface area contributed by atoms with Gasteiger partial charge >= 0.3 is 0 Å². The predicted molar refractivity (Wildman–Crippen MR) is 56.0 cm³/mol. The van der Waals surface area contributed by atoms with Gasteiger partial charge in [-0.15, -0.1) is 23.7 Å². The first-order valence-corrected chi connectivity index (χ1v) is 4.88. The second-order valence-electron chi connectivity index (χ2n) is 2.81. The molecule has 0 atom stereocenters. The van der Waals surface area contributed by atoms with Crippen molar-refractivity contribution >= 4 is 0 Å². The molecule has 0 rings (SSSR count). The number of unbranched alkanes of at least 4 members (excludes halogenated alkanes) is 4. The Morgan fingerprint density at radius 3 is 1.92 bits per heavy atom. The summed E-state index contributed by atoms with van der Waals surface area (Å²) in [5, 5.41) is 8.48. The molecule has 0 fully saturated rings. The number of hydrogen-bond acceptors (Lipinski definition) is 1. The first-order chi connectivity index (χ1) is 6.41. The van der Waals surface area contributed by atoms with Crippen LogP contribution in [0.25, 0.3) is 0 Å². The van der Waals surface area contributed by atoms with Gasteiger partial charge in [-0.2, -0.15) is 0 Å². The quantitative estimate of drug-likeness (QED) is 0.506. The van der Waals surface area contributed by atoms with E-state index in [1.54, 1.807) is 0 Å². The highest BCUT2D eigenvalue weighted by Gasteiger charge is 1.82. The van der Waals surface area contributed by atoms with Crippen LogP contribution in [0, 0.1) is 23.7 Å². The highest BCUT2D eigenvalue weighted by Crippen LogP contribution is 1.97. The molecule has 13 heavy (non-hydrogen) atoms. The van der Waals surface area contributed by atoms with Gasteiger partial charge in [0.2, 0.25) is 0 Å². The minimum absolute atomic E-state index is 0.251. The van der Waals surface area contributed by atoms with Crippen molar-refractivity contribution in [2.75, 3.05) is 6.61 Å². The van der Waals surface area contributed by atoms with E-state index in [9.17, 15) is 0 Å². The summed E-state index contributed by atoms with van der Waals surface area (Å²) in [4.78, 5) is 0. The Kier molecular flexibility index (Phi) is 10.3. The van der Waals surface area contributed by atoms with E-state index in [2.05, 4.69) is 23.7 Å². The topological polar surface area (TPSA) is 20.2 Å². The number of hydrogen-bond donors (Lipinski definition) is 1. The summed E-state index contributed by atoms with van der Waals surface area (Å²) in [7, 11) is 0. The van der Waals surface area contributed by atoms with Crippen LogP contribution in [0.2, 0.25) is 0 Å². The Morgan fingerprint density at radius 1 is 0.846 bits per heavy atom. The van der Waals surface area contributed by atoms with Crippen LogP contribution in [0.4, 0.5) is 0 Å². The molecule has 1 N–H and O–H groups in total. The second kappa shape index (κ2) is 11.1. The van der Waals surface area contributed by atoms with E-state index in [1.807, 2.05) is 6.92 Å². The highest BCUT2D eigenvalue weighted by atomic mass is 16.2. The molecule has 0 aromatic rings. The van der Waals surface area contributed by atoms with E-state index >= 15 is 0 Å². The van der Waals surface area contributed by atoms with Gasteiger partial charge in [0.1, 0.15) is 0 Å². The van der Waals surface area contributed by atoms with E-state index in [0.29, 0.717) is 0 Å². The van der Waals surface area contributed by atoms with Crippen molar-refractivity contribution in [1.82, 2.24) is 0 Å². The van der Waals surface area contributed by atoms with Crippen LogP contribution < -0.4 is 0 Å². The van der Waals surface area contributed by atoms with Gasteiger partial charge in [0.15, 0.2) is 0 Å². The highest BCUT2D eigenvalue weighted by molar-refractivity contribution is 4.99. The molecular formula is C12H18O. The van der Waals surface area contributed by atoms with Crippen LogP contribution in [-0.4, -0.2) is 11.7 Å². The largest absolute Gasteiger partial charge is 0.396 e. The molecule has 1 nitrogen and oxygen atoms in total. The summed E-state index contributed by atoms with van der Waals surface area (Å²) in [5.41, 5.74) is 0. The molecule has 0 saturated heterocycles. The zero-order valence-corrected chi connectivity index (χ0v) is 8.40. The van der Waals surface area contributed by atoms with Gasteiger partial charge in [-0.3, -0.25) is 0 Å². The molecule has 72 valence electrons. The normalized spacial score (nSPS) is 8.15. The molecule has 0 aliphatic heterocycles. The molecular weight excluding hydrogens is 160 g/mol. The molecule has 0 aromatic heterocycles. The molecule has 0 aliphatic carbocycles. The molecule has 0 aliphatic rings. The van der Waals surface area contributed by atoms with Crippen molar-refractivity contribution in [3.05, 3.63) is 0 Å². The zero-order chi connectivity index (χ0) is 9.78.